The molecule has 0 saturated heterocycles. The summed E-state index contributed by atoms with van der Waals surface area (Å²) < 4.78 is 23.2. The van der Waals surface area contributed by atoms with Gasteiger partial charge in [-0.15, -0.1) is 0 Å². The van der Waals surface area contributed by atoms with Crippen LogP contribution in [0.25, 0.3) is 0 Å². The molecular weight excluding hydrogens is 588 g/mol. The number of hydrogen-bond donors (Lipinski definition) is 5. The normalized spacial score (nSPS) is 21.4. The molecule has 0 unspecified atom stereocenters. The number of hydrogen-bond acceptors (Lipinski definition) is 9. The Kier molecular flexibility index (Phi) is 12.3. The first-order valence-corrected chi connectivity index (χ1v) is 15.6. The summed E-state index contributed by atoms with van der Waals surface area (Å²) in [5.41, 5.74) is 7.96. The molecule has 2 aromatic rings. The van der Waals surface area contributed by atoms with Gasteiger partial charge in [0.25, 0.3) is 0 Å². The fourth-order valence-corrected chi connectivity index (χ4v) is 6.29. The van der Waals surface area contributed by atoms with Crippen molar-refractivity contribution in [2.24, 2.45) is 22.6 Å². The summed E-state index contributed by atoms with van der Waals surface area (Å²) in [5.74, 6) is 5.18. The van der Waals surface area contributed by atoms with Crippen LogP contribution in [0, 0.1) is 23.9 Å². The van der Waals surface area contributed by atoms with Crippen LogP contribution in [0.4, 0.5) is 5.69 Å². The zero-order valence-electron chi connectivity index (χ0n) is 27.1. The number of phenolic OH excluding ortho intramolecular Hbond substituents is 1. The van der Waals surface area contributed by atoms with Crippen LogP contribution in [0.3, 0.4) is 0 Å². The largest absolute Gasteiger partial charge is 0.504 e. The minimum absolute atomic E-state index is 0.0140. The van der Waals surface area contributed by atoms with Crippen LogP contribution in [0.1, 0.15) is 49.7 Å². The Labute approximate surface area is 271 Å². The van der Waals surface area contributed by atoms with Gasteiger partial charge in [-0.25, -0.2) is 0 Å². The van der Waals surface area contributed by atoms with E-state index >= 15 is 0 Å². The molecule has 2 aliphatic rings. The Morgan fingerprint density at radius 1 is 1.24 bits per heavy atom. The maximum absolute atomic E-state index is 12.6. The van der Waals surface area contributed by atoms with E-state index in [1.165, 1.54) is 14.2 Å². The highest BCUT2D eigenvalue weighted by Crippen LogP contribution is 2.48. The van der Waals surface area contributed by atoms with Crippen LogP contribution in [0.2, 0.25) is 0 Å². The molecule has 1 saturated carbocycles. The summed E-state index contributed by atoms with van der Waals surface area (Å²) >= 11 is 0. The van der Waals surface area contributed by atoms with E-state index in [0.29, 0.717) is 74.4 Å². The lowest BCUT2D eigenvalue weighted by molar-refractivity contribution is -0.114. The molecule has 248 valence electrons. The van der Waals surface area contributed by atoms with Crippen molar-refractivity contribution < 1.29 is 34.0 Å². The van der Waals surface area contributed by atoms with Crippen LogP contribution in [0.15, 0.2) is 47.5 Å². The van der Waals surface area contributed by atoms with Crippen molar-refractivity contribution in [2.75, 3.05) is 40.2 Å². The number of nitrogens with zero attached hydrogens (tertiary/aromatic N) is 1. The summed E-state index contributed by atoms with van der Waals surface area (Å²) in [6, 6.07) is 8.99. The predicted octanol–water partition coefficient (Wildman–Crippen LogP) is 3.91. The molecule has 0 amide bonds. The molecule has 2 bridgehead atoms. The van der Waals surface area contributed by atoms with Crippen molar-refractivity contribution >= 4 is 17.4 Å². The Morgan fingerprint density at radius 2 is 2.07 bits per heavy atom. The molecule has 6 N–H and O–H groups in total. The van der Waals surface area contributed by atoms with E-state index in [-0.39, 0.29) is 29.3 Å². The maximum atomic E-state index is 12.6. The molecular formula is C35H46N4O7. The van der Waals surface area contributed by atoms with Gasteiger partial charge in [-0.3, -0.25) is 9.79 Å². The molecule has 1 heterocycles. The molecule has 1 aliphatic carbocycles. The number of aryl methyl sites for hydroxylation is 2. The fraction of sp³-hybridized carbons (Fsp3) is 0.486. The van der Waals surface area contributed by atoms with Gasteiger partial charge >= 0.3 is 0 Å². The monoisotopic (exact) mass is 634 g/mol. The Hall–Kier alpha value is -4.24. The number of benzene rings is 2. The van der Waals surface area contributed by atoms with Crippen molar-refractivity contribution in [1.82, 2.24) is 5.32 Å². The molecule has 0 aromatic heterocycles. The number of aliphatic hydroxyl groups excluding tert-OH is 1. The number of aromatic hydroxyl groups is 1. The number of methoxy groups -OCH3 is 2. The fourth-order valence-electron chi connectivity index (χ4n) is 6.29. The maximum Gasteiger partial charge on any atom is 0.205 e. The third-order valence-corrected chi connectivity index (χ3v) is 8.55. The number of aliphatic hydroxyl groups is 1. The lowest BCUT2D eigenvalue weighted by Gasteiger charge is -2.32. The first kappa shape index (κ1) is 34.6. The minimum Gasteiger partial charge on any atom is -0.504 e. The number of ketones is 1. The number of allylic oxidation sites excluding steroid dienone is 2. The van der Waals surface area contributed by atoms with Crippen molar-refractivity contribution in [3.05, 3.63) is 53.6 Å². The standard InChI is InChI=1S/C35H46N4O7/c1-37-22-35-20-25(26(21-35)19-32(42)44-4)9-7-15-45-33-28(39-34(36)38-2)16-24(18-31(33)46-35)8-5-6-10-27(40)13-11-23-12-14-29(41)30(17-23)43-3/h6,10,12,14,16-18,25-26,32,37,41-42H,5,8-9,11,13,19-22H2,1-4H3,(H3,36,38,39)/b10-6+/t25-,26+,32+,35+/m0/s1. The molecule has 0 spiro atoms. The van der Waals surface area contributed by atoms with Gasteiger partial charge in [-0.1, -0.05) is 18.1 Å². The van der Waals surface area contributed by atoms with Gasteiger partial charge in [0.2, 0.25) is 5.75 Å². The van der Waals surface area contributed by atoms with E-state index in [0.717, 1.165) is 17.5 Å². The SMILES string of the molecule is CN=C(N)Nc1cc(CC/C=C/C(=O)CCc2ccc(O)c(OC)c2)cc2c1OC#CC[C@H]1C[C@](CNC)(C[C@H]1C[C@H](O)OC)O2. The number of rotatable bonds is 14. The summed E-state index contributed by atoms with van der Waals surface area (Å²) in [6.07, 6.45) is 10.2. The third kappa shape index (κ3) is 9.16. The number of fused-ring (bicyclic) bond motifs is 3. The first-order valence-electron chi connectivity index (χ1n) is 15.6. The number of nitrogens with one attached hydrogen (secondary N) is 2. The van der Waals surface area contributed by atoms with Gasteiger partial charge in [-0.2, -0.15) is 0 Å². The third-order valence-electron chi connectivity index (χ3n) is 8.55. The Bertz CT molecular complexity index is 1480. The second-order valence-electron chi connectivity index (χ2n) is 11.9. The number of guanidine groups is 1. The Morgan fingerprint density at radius 3 is 2.80 bits per heavy atom. The molecule has 2 aromatic carbocycles. The second-order valence-corrected chi connectivity index (χ2v) is 11.9. The molecule has 11 heteroatoms. The van der Waals surface area contributed by atoms with Gasteiger partial charge < -0.3 is 45.5 Å². The minimum atomic E-state index is -0.852. The van der Waals surface area contributed by atoms with Gasteiger partial charge in [0.1, 0.15) is 11.7 Å². The van der Waals surface area contributed by atoms with Crippen molar-refractivity contribution in [1.29, 1.82) is 0 Å². The van der Waals surface area contributed by atoms with E-state index < -0.39 is 11.9 Å². The van der Waals surface area contributed by atoms with Gasteiger partial charge in [0, 0.05) is 40.0 Å². The Balaban J connectivity index is 1.53. The van der Waals surface area contributed by atoms with Gasteiger partial charge in [-0.05, 0) is 92.5 Å². The number of likely N-dealkylation sites (N-methyl/N-ethyl adjacent to an activating group) is 1. The lowest BCUT2D eigenvalue weighted by atomic mass is 9.90. The lowest BCUT2D eigenvalue weighted by Crippen LogP contribution is -2.43. The smallest absolute Gasteiger partial charge is 0.205 e. The number of anilines is 1. The number of carbonyl (C=O) groups is 1. The van der Waals surface area contributed by atoms with Crippen LogP contribution in [-0.4, -0.2) is 68.7 Å². The first-order chi connectivity index (χ1) is 22.2. The summed E-state index contributed by atoms with van der Waals surface area (Å²) in [5, 5.41) is 26.5. The summed E-state index contributed by atoms with van der Waals surface area (Å²) in [6.45, 7) is 0.600. The van der Waals surface area contributed by atoms with E-state index in [4.69, 9.17) is 24.7 Å². The van der Waals surface area contributed by atoms with Gasteiger partial charge in [0.05, 0.1) is 12.8 Å². The number of nitrogens with two attached hydrogens (primary N) is 1. The molecule has 46 heavy (non-hydrogen) atoms. The average Bonchev–Trinajstić information content (AvgIpc) is 3.36. The number of aliphatic imine (C=N–C) groups is 1. The number of phenols is 1. The topological polar surface area (TPSA) is 157 Å². The average molecular weight is 635 g/mol. The molecule has 4 atom stereocenters. The highest BCUT2D eigenvalue weighted by molar-refractivity contribution is 5.94. The van der Waals surface area contributed by atoms with Crippen LogP contribution < -0.4 is 30.6 Å². The number of carbonyl (C=O) groups excluding carboxylic acids is 1. The van der Waals surface area contributed by atoms with E-state index in [1.807, 2.05) is 25.3 Å². The molecule has 4 rings (SSSR count). The van der Waals surface area contributed by atoms with Gasteiger partial charge in [0.15, 0.2) is 35.3 Å². The van der Waals surface area contributed by atoms with Crippen LogP contribution in [-0.2, 0) is 22.4 Å². The van der Waals surface area contributed by atoms with E-state index in [2.05, 4.69) is 27.7 Å². The highest BCUT2D eigenvalue weighted by atomic mass is 16.6. The zero-order valence-corrected chi connectivity index (χ0v) is 27.1. The second kappa shape index (κ2) is 16.4. The van der Waals surface area contributed by atoms with Crippen LogP contribution in [0.5, 0.6) is 23.0 Å². The summed E-state index contributed by atoms with van der Waals surface area (Å²) in [4.78, 5) is 16.6. The number of ether oxygens (including phenoxy) is 4. The van der Waals surface area contributed by atoms with E-state index in [9.17, 15) is 15.0 Å². The predicted molar refractivity (Wildman–Crippen MR) is 177 cm³/mol. The molecule has 11 nitrogen and oxygen atoms in total. The molecule has 1 fully saturated rings. The quantitative estimate of drug-likeness (QED) is 0.0679. The van der Waals surface area contributed by atoms with Crippen LogP contribution >= 0.6 is 0 Å². The van der Waals surface area contributed by atoms with E-state index in [1.54, 1.807) is 31.3 Å². The summed E-state index contributed by atoms with van der Waals surface area (Å²) in [7, 11) is 6.50. The molecule has 1 aliphatic heterocycles. The highest BCUT2D eigenvalue weighted by Gasteiger charge is 2.47. The van der Waals surface area contributed by atoms with Crippen molar-refractivity contribution in [2.45, 2.75) is 63.3 Å². The van der Waals surface area contributed by atoms with Crippen molar-refractivity contribution in [3.8, 4) is 35.0 Å². The van der Waals surface area contributed by atoms with Crippen molar-refractivity contribution in [3.63, 3.8) is 0 Å². The molecule has 0 radical (unpaired) electrons. The zero-order chi connectivity index (χ0) is 33.1.